The number of methoxy groups -OCH3 is 1. The first-order valence-electron chi connectivity index (χ1n) is 6.02. The van der Waals surface area contributed by atoms with Gasteiger partial charge in [-0.25, -0.2) is 0 Å². The molecule has 0 aliphatic carbocycles. The summed E-state index contributed by atoms with van der Waals surface area (Å²) < 4.78 is 5.62. The molecule has 21 heavy (non-hydrogen) atoms. The lowest BCUT2D eigenvalue weighted by Crippen LogP contribution is -2.02. The minimum absolute atomic E-state index is 0.0444. The zero-order chi connectivity index (χ0) is 15.4. The van der Waals surface area contributed by atoms with Crippen LogP contribution in [0.4, 0.5) is 11.4 Å². The molecule has 0 aromatic heterocycles. The van der Waals surface area contributed by atoms with Gasteiger partial charge >= 0.3 is 0 Å². The van der Waals surface area contributed by atoms with Crippen LogP contribution in [-0.4, -0.2) is 12.0 Å². The highest BCUT2D eigenvalue weighted by Crippen LogP contribution is 2.30. The Morgan fingerprint density at radius 1 is 1.38 bits per heavy atom. The summed E-state index contributed by atoms with van der Waals surface area (Å²) in [6.45, 7) is 0.438. The fourth-order valence-corrected chi connectivity index (χ4v) is 2.55. The molecule has 0 atom stereocenters. The summed E-state index contributed by atoms with van der Waals surface area (Å²) in [5.41, 5.74) is 1.65. The van der Waals surface area contributed by atoms with E-state index < -0.39 is 4.92 Å². The van der Waals surface area contributed by atoms with Crippen molar-refractivity contribution in [3.05, 3.63) is 61.6 Å². The maximum absolute atomic E-state index is 10.9. The number of nitrogens with one attached hydrogen (secondary N) is 1. The van der Waals surface area contributed by atoms with Crippen molar-refractivity contribution < 1.29 is 9.66 Å². The highest BCUT2D eigenvalue weighted by Gasteiger charge is 2.14. The molecular formula is C14H12BrClN2O3. The zero-order valence-corrected chi connectivity index (χ0v) is 13.4. The van der Waals surface area contributed by atoms with Gasteiger partial charge in [-0.15, -0.1) is 0 Å². The molecule has 0 aliphatic rings. The molecule has 0 amide bonds. The predicted molar refractivity (Wildman–Crippen MR) is 86.1 cm³/mol. The predicted octanol–water partition coefficient (Wildman–Crippen LogP) is 4.63. The second-order valence-corrected chi connectivity index (χ2v) is 5.41. The summed E-state index contributed by atoms with van der Waals surface area (Å²) in [5.74, 6) is 0.569. The van der Waals surface area contributed by atoms with Crippen LogP contribution in [0.15, 0.2) is 40.9 Å². The van der Waals surface area contributed by atoms with Gasteiger partial charge in [0.05, 0.1) is 17.1 Å². The van der Waals surface area contributed by atoms with Gasteiger partial charge in [0.25, 0.3) is 5.69 Å². The van der Waals surface area contributed by atoms with Crippen molar-refractivity contribution in [1.29, 1.82) is 0 Å². The smallest absolute Gasteiger partial charge is 0.283 e. The van der Waals surface area contributed by atoms with Gasteiger partial charge in [-0.2, -0.15) is 0 Å². The van der Waals surface area contributed by atoms with E-state index in [2.05, 4.69) is 21.2 Å². The summed E-state index contributed by atoms with van der Waals surface area (Å²) >= 11 is 9.23. The molecule has 0 saturated heterocycles. The Hall–Kier alpha value is -1.79. The third kappa shape index (κ3) is 3.65. The Morgan fingerprint density at radius 2 is 2.14 bits per heavy atom. The van der Waals surface area contributed by atoms with Gasteiger partial charge in [0.15, 0.2) is 0 Å². The maximum atomic E-state index is 10.9. The van der Waals surface area contributed by atoms with E-state index in [1.807, 2.05) is 12.1 Å². The van der Waals surface area contributed by atoms with Crippen LogP contribution in [0.25, 0.3) is 0 Å². The third-order valence-corrected chi connectivity index (χ3v) is 4.12. The first kappa shape index (κ1) is 15.6. The van der Waals surface area contributed by atoms with E-state index in [0.717, 1.165) is 11.3 Å². The van der Waals surface area contributed by atoms with E-state index >= 15 is 0 Å². The molecule has 2 aromatic rings. The highest BCUT2D eigenvalue weighted by molar-refractivity contribution is 9.10. The van der Waals surface area contributed by atoms with Gasteiger partial charge in [0, 0.05) is 24.4 Å². The first-order valence-corrected chi connectivity index (χ1v) is 7.19. The molecule has 110 valence electrons. The van der Waals surface area contributed by atoms with Gasteiger partial charge in [-0.1, -0.05) is 23.7 Å². The average Bonchev–Trinajstić information content (AvgIpc) is 2.47. The lowest BCUT2D eigenvalue weighted by Gasteiger charge is -2.10. The van der Waals surface area contributed by atoms with Crippen LogP contribution in [0.1, 0.15) is 5.56 Å². The molecule has 0 saturated carbocycles. The number of halogens is 2. The largest absolute Gasteiger partial charge is 0.495 e. The molecule has 0 aliphatic heterocycles. The number of anilines is 1. The number of ether oxygens (including phenoxy) is 1. The van der Waals surface area contributed by atoms with Crippen molar-refractivity contribution in [2.75, 3.05) is 12.4 Å². The molecule has 0 heterocycles. The number of benzene rings is 2. The fraction of sp³-hybridized carbons (Fsp3) is 0.143. The van der Waals surface area contributed by atoms with Crippen LogP contribution in [-0.2, 0) is 6.54 Å². The Labute approximate surface area is 135 Å². The molecule has 0 bridgehead atoms. The summed E-state index contributed by atoms with van der Waals surface area (Å²) in [6.07, 6.45) is 0. The molecule has 0 radical (unpaired) electrons. The van der Waals surface area contributed by atoms with Crippen LogP contribution in [0.3, 0.4) is 0 Å². The SMILES string of the molecule is COc1cc(NCc2cccc([N+](=O)[O-])c2Br)ccc1Cl. The van der Waals surface area contributed by atoms with Crippen LogP contribution < -0.4 is 10.1 Å². The van der Waals surface area contributed by atoms with E-state index in [1.165, 1.54) is 6.07 Å². The molecule has 7 heteroatoms. The number of nitro benzene ring substituents is 1. The number of nitrogens with zero attached hydrogens (tertiary/aromatic N) is 1. The summed E-state index contributed by atoms with van der Waals surface area (Å²) in [5, 5.41) is 14.6. The zero-order valence-electron chi connectivity index (χ0n) is 11.1. The standard InChI is InChI=1S/C14H12BrClN2O3/c1-21-13-7-10(5-6-11(13)16)17-8-9-3-2-4-12(14(9)15)18(19)20/h2-7,17H,8H2,1H3. The van der Waals surface area contributed by atoms with Crippen molar-refractivity contribution in [1.82, 2.24) is 0 Å². The Bertz CT molecular complexity index is 679. The van der Waals surface area contributed by atoms with Gasteiger partial charge < -0.3 is 10.1 Å². The van der Waals surface area contributed by atoms with Crippen LogP contribution >= 0.6 is 27.5 Å². The Balaban J connectivity index is 2.17. The molecule has 1 N–H and O–H groups in total. The van der Waals surface area contributed by atoms with Crippen molar-refractivity contribution in [2.24, 2.45) is 0 Å². The van der Waals surface area contributed by atoms with E-state index in [0.29, 0.717) is 21.8 Å². The minimum atomic E-state index is -0.418. The highest BCUT2D eigenvalue weighted by atomic mass is 79.9. The quantitative estimate of drug-likeness (QED) is 0.614. The fourth-order valence-electron chi connectivity index (χ4n) is 1.81. The summed E-state index contributed by atoms with van der Waals surface area (Å²) in [7, 11) is 1.54. The van der Waals surface area contributed by atoms with Crippen molar-refractivity contribution in [3.63, 3.8) is 0 Å². The molecule has 0 fully saturated rings. The number of rotatable bonds is 5. The average molecular weight is 372 g/mol. The molecular weight excluding hydrogens is 360 g/mol. The number of nitro groups is 1. The van der Waals surface area contributed by atoms with E-state index in [9.17, 15) is 10.1 Å². The summed E-state index contributed by atoms with van der Waals surface area (Å²) in [6, 6.07) is 10.2. The topological polar surface area (TPSA) is 64.4 Å². The number of hydrogen-bond donors (Lipinski definition) is 1. The summed E-state index contributed by atoms with van der Waals surface area (Å²) in [4.78, 5) is 10.5. The van der Waals surface area contributed by atoms with Crippen LogP contribution in [0.2, 0.25) is 5.02 Å². The number of hydrogen-bond acceptors (Lipinski definition) is 4. The molecule has 0 unspecified atom stereocenters. The lowest BCUT2D eigenvalue weighted by molar-refractivity contribution is -0.385. The van der Waals surface area contributed by atoms with Gasteiger partial charge in [0.2, 0.25) is 0 Å². The molecule has 2 rings (SSSR count). The van der Waals surface area contributed by atoms with Gasteiger partial charge in [0.1, 0.15) is 10.2 Å². The van der Waals surface area contributed by atoms with Gasteiger partial charge in [-0.05, 0) is 33.6 Å². The molecule has 2 aromatic carbocycles. The minimum Gasteiger partial charge on any atom is -0.495 e. The van der Waals surface area contributed by atoms with Crippen molar-refractivity contribution >= 4 is 38.9 Å². The maximum Gasteiger partial charge on any atom is 0.283 e. The Morgan fingerprint density at radius 3 is 2.81 bits per heavy atom. The van der Waals surface area contributed by atoms with E-state index in [4.69, 9.17) is 16.3 Å². The molecule has 5 nitrogen and oxygen atoms in total. The molecule has 0 spiro atoms. The normalized spacial score (nSPS) is 10.2. The second kappa shape index (κ2) is 6.78. The third-order valence-electron chi connectivity index (χ3n) is 2.89. The van der Waals surface area contributed by atoms with Crippen LogP contribution in [0.5, 0.6) is 5.75 Å². The van der Waals surface area contributed by atoms with Gasteiger partial charge in [-0.3, -0.25) is 10.1 Å². The van der Waals surface area contributed by atoms with E-state index in [1.54, 1.807) is 25.3 Å². The van der Waals surface area contributed by atoms with Crippen molar-refractivity contribution in [3.8, 4) is 5.75 Å². The van der Waals surface area contributed by atoms with E-state index in [-0.39, 0.29) is 5.69 Å². The Kier molecular flexibility index (Phi) is 5.03. The second-order valence-electron chi connectivity index (χ2n) is 4.21. The van der Waals surface area contributed by atoms with Crippen molar-refractivity contribution in [2.45, 2.75) is 6.54 Å². The van der Waals surface area contributed by atoms with Crippen LogP contribution in [0, 0.1) is 10.1 Å². The lowest BCUT2D eigenvalue weighted by atomic mass is 10.2. The monoisotopic (exact) mass is 370 g/mol. The first-order chi connectivity index (χ1) is 10.0.